The van der Waals surface area contributed by atoms with E-state index in [1.165, 1.54) is 0 Å². The number of ether oxygens (including phenoxy) is 1. The van der Waals surface area contributed by atoms with Crippen LogP contribution in [0.1, 0.15) is 12.6 Å². The zero-order chi connectivity index (χ0) is 23.0. The first-order chi connectivity index (χ1) is 13.6. The van der Waals surface area contributed by atoms with Gasteiger partial charge in [-0.25, -0.2) is 27.3 Å². The van der Waals surface area contributed by atoms with Crippen molar-refractivity contribution in [1.82, 2.24) is 9.55 Å². The van der Waals surface area contributed by atoms with Crippen molar-refractivity contribution >= 4 is 23.5 Å². The summed E-state index contributed by atoms with van der Waals surface area (Å²) in [6.45, 7) is -2.76. The molecule has 1 aliphatic rings. The molecule has 0 bridgehead atoms. The second kappa shape index (κ2) is 8.81. The lowest BCUT2D eigenvalue weighted by molar-refractivity contribution is -0.113. The Bertz CT molecular complexity index is 1040. The zero-order valence-electron chi connectivity index (χ0n) is 14.4. The first-order valence-electron chi connectivity index (χ1n) is 7.55. The second-order valence-corrected chi connectivity index (χ2v) is 10.3. The summed E-state index contributed by atoms with van der Waals surface area (Å²) in [6, 6.07) is 0.860. The van der Waals surface area contributed by atoms with Gasteiger partial charge in [-0.3, -0.25) is 18.9 Å². The van der Waals surface area contributed by atoms with Gasteiger partial charge < -0.3 is 24.3 Å². The largest absolute Gasteiger partial charge is 0.490 e. The molecule has 0 amide bonds. The minimum atomic E-state index is -5.80. The topological polar surface area (TPSA) is 224 Å². The van der Waals surface area contributed by atoms with Crippen LogP contribution in [0.2, 0.25) is 0 Å². The van der Waals surface area contributed by atoms with E-state index in [9.17, 15) is 37.0 Å². The molecule has 1 saturated heterocycles. The fraction of sp³-hybridized carbons (Fsp3) is 0.600. The van der Waals surface area contributed by atoms with Crippen LogP contribution in [0.15, 0.2) is 21.9 Å². The Morgan fingerprint density at radius 2 is 1.83 bits per heavy atom. The molecule has 1 aliphatic heterocycles. The predicted octanol–water partition coefficient (Wildman–Crippen LogP) is -0.155. The summed E-state index contributed by atoms with van der Waals surface area (Å²) in [4.78, 5) is 60.0. The van der Waals surface area contributed by atoms with E-state index in [2.05, 4.69) is 13.1 Å². The molecule has 0 saturated carbocycles. The molecule has 30 heavy (non-hydrogen) atoms. The van der Waals surface area contributed by atoms with Gasteiger partial charge in [-0.15, -0.1) is 0 Å². The lowest BCUT2D eigenvalue weighted by atomic mass is 10.0. The normalized spacial score (nSPS) is 28.7. The lowest BCUT2D eigenvalue weighted by Gasteiger charge is -2.26. The molecule has 2 unspecified atom stereocenters. The first-order valence-corrected chi connectivity index (χ1v) is 12.1. The average molecular weight is 502 g/mol. The highest BCUT2D eigenvalue weighted by atomic mass is 31.3. The molecular weight excluding hydrogens is 487 g/mol. The average Bonchev–Trinajstić information content (AvgIpc) is 2.87. The quantitative estimate of drug-likeness (QED) is 0.277. The Labute approximate surface area is 164 Å². The van der Waals surface area contributed by atoms with Crippen LogP contribution < -0.4 is 11.2 Å². The molecule has 0 radical (unpaired) electrons. The van der Waals surface area contributed by atoms with Gasteiger partial charge in [0.25, 0.3) is 5.56 Å². The number of nitrogens with one attached hydrogen (secondary N) is 1. The van der Waals surface area contributed by atoms with Crippen molar-refractivity contribution in [2.45, 2.75) is 24.4 Å². The van der Waals surface area contributed by atoms with Gasteiger partial charge in [0.05, 0.1) is 6.61 Å². The summed E-state index contributed by atoms with van der Waals surface area (Å²) in [6.07, 6.45) is -3.74. The van der Waals surface area contributed by atoms with E-state index in [-0.39, 0.29) is 0 Å². The molecule has 172 valence electrons. The van der Waals surface area contributed by atoms with Gasteiger partial charge in [0.2, 0.25) is 0 Å². The van der Waals surface area contributed by atoms with Crippen LogP contribution in [0.4, 0.5) is 8.78 Å². The van der Waals surface area contributed by atoms with E-state index in [1.54, 1.807) is 0 Å². The maximum absolute atomic E-state index is 14.4. The van der Waals surface area contributed by atoms with Crippen LogP contribution in [0.25, 0.3) is 0 Å². The number of H-pyrrole nitrogens is 1. The Balaban J connectivity index is 2.13. The molecule has 2 heterocycles. The molecule has 15 nitrogen and oxygen atoms in total. The van der Waals surface area contributed by atoms with E-state index in [0.29, 0.717) is 4.57 Å². The number of rotatable bonds is 9. The van der Waals surface area contributed by atoms with Crippen LogP contribution in [0.3, 0.4) is 0 Å². The van der Waals surface area contributed by atoms with Crippen LogP contribution in [-0.2, 0) is 31.6 Å². The summed E-state index contributed by atoms with van der Waals surface area (Å²) in [5, 5.41) is 0. The van der Waals surface area contributed by atoms with E-state index >= 15 is 0 Å². The van der Waals surface area contributed by atoms with Gasteiger partial charge in [-0.05, 0) is 0 Å². The van der Waals surface area contributed by atoms with Crippen LogP contribution in [-0.4, -0.2) is 54.2 Å². The van der Waals surface area contributed by atoms with E-state index < -0.39 is 72.4 Å². The molecule has 0 aromatic carbocycles. The van der Waals surface area contributed by atoms with Crippen LogP contribution in [0, 0.1) is 0 Å². The fourth-order valence-electron chi connectivity index (χ4n) is 2.41. The molecule has 0 aliphatic carbocycles. The highest BCUT2D eigenvalue weighted by Gasteiger charge is 2.51. The van der Waals surface area contributed by atoms with Gasteiger partial charge in [-0.2, -0.15) is 8.62 Å². The number of alkyl halides is 2. The van der Waals surface area contributed by atoms with Gasteiger partial charge in [0, 0.05) is 18.7 Å². The predicted molar refractivity (Wildman–Crippen MR) is 89.5 cm³/mol. The van der Waals surface area contributed by atoms with E-state index in [4.69, 9.17) is 19.4 Å². The number of phosphoric acid groups is 3. The van der Waals surface area contributed by atoms with Crippen molar-refractivity contribution < 1.29 is 59.9 Å². The standard InChI is InChI=1S/C10H15F2N2O13P3/c11-4-10(5-24-29(20,21)27-30(22,23)26-28(17,18)19)3-6(12)8(25-10)14-2-1-7(15)13-9(14)16/h1-2,6,8H,3-5H2,(H,20,21)(H,22,23)(H,13,15,16)(H2,17,18,19)/t6-,8+,10+/m0/s1. The van der Waals surface area contributed by atoms with E-state index in [0.717, 1.165) is 12.3 Å². The second-order valence-electron chi connectivity index (χ2n) is 5.93. The molecule has 1 aromatic rings. The number of aromatic nitrogens is 2. The van der Waals surface area contributed by atoms with Gasteiger partial charge in [-0.1, -0.05) is 0 Å². The molecule has 20 heteroatoms. The Morgan fingerprint density at radius 3 is 2.37 bits per heavy atom. The summed E-state index contributed by atoms with van der Waals surface area (Å²) in [5.74, 6) is 0. The fourth-order valence-corrected chi connectivity index (χ4v) is 5.51. The van der Waals surface area contributed by atoms with Gasteiger partial charge >= 0.3 is 29.2 Å². The zero-order valence-corrected chi connectivity index (χ0v) is 17.1. The molecule has 5 atom stereocenters. The van der Waals surface area contributed by atoms with Crippen molar-refractivity contribution in [1.29, 1.82) is 0 Å². The van der Waals surface area contributed by atoms with Gasteiger partial charge in [0.1, 0.15) is 18.4 Å². The van der Waals surface area contributed by atoms with Crippen molar-refractivity contribution in [3.63, 3.8) is 0 Å². The summed E-state index contributed by atoms with van der Waals surface area (Å²) in [5.41, 5.74) is -4.14. The highest BCUT2D eigenvalue weighted by Crippen LogP contribution is 2.66. The third kappa shape index (κ3) is 6.70. The van der Waals surface area contributed by atoms with Crippen molar-refractivity contribution in [3.05, 3.63) is 33.1 Å². The van der Waals surface area contributed by atoms with Crippen molar-refractivity contribution in [2.24, 2.45) is 0 Å². The number of nitrogens with zero attached hydrogens (tertiary/aromatic N) is 1. The van der Waals surface area contributed by atoms with Crippen LogP contribution in [0.5, 0.6) is 0 Å². The lowest BCUT2D eigenvalue weighted by Crippen LogP contribution is -2.38. The molecule has 0 spiro atoms. The molecule has 2 rings (SSSR count). The highest BCUT2D eigenvalue weighted by molar-refractivity contribution is 7.66. The smallest absolute Gasteiger partial charge is 0.343 e. The Kier molecular flexibility index (Phi) is 7.39. The van der Waals surface area contributed by atoms with E-state index in [1.807, 2.05) is 4.98 Å². The third-order valence-corrected chi connectivity index (χ3v) is 7.31. The summed E-state index contributed by atoms with van der Waals surface area (Å²) < 4.78 is 78.5. The van der Waals surface area contributed by atoms with Crippen molar-refractivity contribution in [2.75, 3.05) is 13.3 Å². The number of hydrogen-bond donors (Lipinski definition) is 5. The maximum Gasteiger partial charge on any atom is 0.490 e. The number of halogens is 2. The molecule has 1 fully saturated rings. The maximum atomic E-state index is 14.4. The monoisotopic (exact) mass is 502 g/mol. The molecule has 1 aromatic heterocycles. The minimum absolute atomic E-state index is 0.592. The molecule has 5 N–H and O–H groups in total. The minimum Gasteiger partial charge on any atom is -0.343 e. The Hall–Kier alpha value is -1.09. The third-order valence-electron chi connectivity index (χ3n) is 3.52. The summed E-state index contributed by atoms with van der Waals surface area (Å²) in [7, 11) is -17.0. The Morgan fingerprint density at radius 1 is 1.20 bits per heavy atom. The number of aromatic amines is 1. The first kappa shape index (κ1) is 25.2. The van der Waals surface area contributed by atoms with Crippen LogP contribution >= 0.6 is 23.5 Å². The van der Waals surface area contributed by atoms with Crippen molar-refractivity contribution in [3.8, 4) is 0 Å². The SMILES string of the molecule is O=c1ccn([C@@H]2O[C@](CF)(COP(=O)(O)OP(=O)(O)OP(=O)(O)O)C[C@@H]2F)c(=O)[nH]1. The summed E-state index contributed by atoms with van der Waals surface area (Å²) >= 11 is 0. The van der Waals surface area contributed by atoms with Gasteiger partial charge in [0.15, 0.2) is 6.23 Å². The molecular formula is C10H15F2N2O13P3. The number of hydrogen-bond acceptors (Lipinski definition) is 9. The number of phosphoric ester groups is 1.